The number of fused-ring (bicyclic) bond motifs is 1. The van der Waals surface area contributed by atoms with Gasteiger partial charge in [-0.2, -0.15) is 9.83 Å². The van der Waals surface area contributed by atoms with Crippen LogP contribution < -0.4 is 11.2 Å². The molecular weight excluding hydrogens is 166 g/mol. The van der Waals surface area contributed by atoms with E-state index in [0.29, 0.717) is 10.9 Å². The Balaban J connectivity index is 3.02. The molecule has 4 nitrogen and oxygen atoms in total. The fourth-order valence-corrected chi connectivity index (χ4v) is 1.31. The van der Waals surface area contributed by atoms with Gasteiger partial charge in [0.15, 0.2) is 0 Å². The minimum atomic E-state index is 0.668. The highest BCUT2D eigenvalue weighted by molar-refractivity contribution is 5.77. The monoisotopic (exact) mass is 175 g/mol. The fourth-order valence-electron chi connectivity index (χ4n) is 1.31. The first-order valence-electron chi connectivity index (χ1n) is 3.86. The molecule has 0 fully saturated rings. The van der Waals surface area contributed by atoms with E-state index >= 15 is 0 Å². The zero-order chi connectivity index (χ0) is 9.26. The van der Waals surface area contributed by atoms with E-state index in [0.717, 1.165) is 10.1 Å². The van der Waals surface area contributed by atoms with Crippen LogP contribution in [-0.4, -0.2) is 9.94 Å². The number of benzene rings is 1. The predicted octanol–water partition coefficient (Wildman–Crippen LogP) is 0.653. The minimum Gasteiger partial charge on any atom is -0.428 e. The second-order valence-corrected chi connectivity index (χ2v) is 2.69. The van der Waals surface area contributed by atoms with Crippen LogP contribution in [0.2, 0.25) is 0 Å². The highest BCUT2D eigenvalue weighted by atomic mass is 16.5. The van der Waals surface area contributed by atoms with Crippen LogP contribution in [0.1, 0.15) is 0 Å². The number of rotatable bonds is 0. The van der Waals surface area contributed by atoms with E-state index in [4.69, 9.17) is 5.84 Å². The molecule has 2 aromatic rings. The average Bonchev–Trinajstić information content (AvgIpc) is 2.19. The highest BCUT2D eigenvalue weighted by Gasteiger charge is 1.97. The van der Waals surface area contributed by atoms with Crippen LogP contribution >= 0.6 is 0 Å². The molecule has 1 aromatic carbocycles. The van der Waals surface area contributed by atoms with Gasteiger partial charge >= 0.3 is 0 Å². The van der Waals surface area contributed by atoms with Crippen molar-refractivity contribution in [3.8, 4) is 0 Å². The molecule has 0 atom stereocenters. The van der Waals surface area contributed by atoms with Gasteiger partial charge in [-0.25, -0.2) is 0 Å². The van der Waals surface area contributed by atoms with Gasteiger partial charge in [-0.1, -0.05) is 18.2 Å². The van der Waals surface area contributed by atoms with Crippen molar-refractivity contribution in [2.75, 3.05) is 0 Å². The summed E-state index contributed by atoms with van der Waals surface area (Å²) in [4.78, 5) is 0. The van der Waals surface area contributed by atoms with Crippen LogP contribution in [0.5, 0.6) is 0 Å². The Bertz CT molecular complexity index is 501. The maximum Gasteiger partial charge on any atom is 0.0937 e. The van der Waals surface area contributed by atoms with E-state index in [9.17, 15) is 5.21 Å². The van der Waals surface area contributed by atoms with Crippen LogP contribution in [-0.2, 0) is 0 Å². The third-order valence-corrected chi connectivity index (χ3v) is 1.94. The zero-order valence-electron chi connectivity index (χ0n) is 6.88. The molecule has 1 aromatic heterocycles. The summed E-state index contributed by atoms with van der Waals surface area (Å²) in [6.45, 7) is 0. The van der Waals surface area contributed by atoms with Crippen molar-refractivity contribution in [3.05, 3.63) is 41.9 Å². The average molecular weight is 175 g/mol. The summed E-state index contributed by atoms with van der Waals surface area (Å²) in [5.74, 6) is 5.20. The lowest BCUT2D eigenvalue weighted by molar-refractivity contribution is 0.198. The molecule has 0 spiro atoms. The molecule has 0 bridgehead atoms. The van der Waals surface area contributed by atoms with Gasteiger partial charge in [-0.3, -0.25) is 0 Å². The lowest BCUT2D eigenvalue weighted by atomic mass is 10.2. The largest absolute Gasteiger partial charge is 0.428 e. The van der Waals surface area contributed by atoms with Crippen molar-refractivity contribution in [1.29, 1.82) is 0 Å². The first kappa shape index (κ1) is 7.67. The van der Waals surface area contributed by atoms with Gasteiger partial charge in [0.05, 0.1) is 10.9 Å². The number of pyridine rings is 1. The van der Waals surface area contributed by atoms with E-state index in [1.54, 1.807) is 12.1 Å². The van der Waals surface area contributed by atoms with E-state index < -0.39 is 0 Å². The van der Waals surface area contributed by atoms with Crippen LogP contribution in [0.15, 0.2) is 41.6 Å². The van der Waals surface area contributed by atoms with Gasteiger partial charge in [0.25, 0.3) is 0 Å². The summed E-state index contributed by atoms with van der Waals surface area (Å²) in [5.41, 5.74) is 0.689. The first-order chi connectivity index (χ1) is 6.33. The first-order valence-corrected chi connectivity index (χ1v) is 3.86. The van der Waals surface area contributed by atoms with E-state index in [1.807, 2.05) is 18.2 Å². The molecule has 0 aliphatic heterocycles. The van der Waals surface area contributed by atoms with Crippen molar-refractivity contribution in [3.63, 3.8) is 0 Å². The van der Waals surface area contributed by atoms with Gasteiger partial charge in [0.2, 0.25) is 0 Å². The quantitative estimate of drug-likeness (QED) is 0.351. The second kappa shape index (κ2) is 2.82. The number of nitrogens with zero attached hydrogens (tertiary/aromatic N) is 2. The maximum absolute atomic E-state index is 9.43. The number of hydrogen-bond donors (Lipinski definition) is 2. The molecule has 4 heteroatoms. The third-order valence-electron chi connectivity index (χ3n) is 1.94. The van der Waals surface area contributed by atoms with Crippen molar-refractivity contribution in [1.82, 2.24) is 4.73 Å². The summed E-state index contributed by atoms with van der Waals surface area (Å²) >= 11 is 0. The minimum absolute atomic E-state index is 0.668. The van der Waals surface area contributed by atoms with Crippen molar-refractivity contribution < 1.29 is 5.21 Å². The molecule has 0 saturated carbocycles. The lowest BCUT2D eigenvalue weighted by Crippen LogP contribution is -2.09. The van der Waals surface area contributed by atoms with Gasteiger partial charge in [0.1, 0.15) is 0 Å². The molecule has 0 unspecified atom stereocenters. The summed E-state index contributed by atoms with van der Waals surface area (Å²) in [6.07, 6.45) is 1.51. The number of para-hydroxylation sites is 1. The molecule has 66 valence electrons. The van der Waals surface area contributed by atoms with Gasteiger partial charge < -0.3 is 11.0 Å². The summed E-state index contributed by atoms with van der Waals surface area (Å²) in [6, 6.07) is 9.02. The molecule has 0 amide bonds. The van der Waals surface area contributed by atoms with E-state index in [2.05, 4.69) is 5.10 Å². The third kappa shape index (κ3) is 1.12. The predicted molar refractivity (Wildman–Crippen MR) is 48.9 cm³/mol. The van der Waals surface area contributed by atoms with E-state index in [-0.39, 0.29) is 0 Å². The molecule has 3 N–H and O–H groups in total. The highest BCUT2D eigenvalue weighted by Crippen LogP contribution is 2.06. The van der Waals surface area contributed by atoms with Crippen molar-refractivity contribution >= 4 is 10.9 Å². The standard InChI is InChI=1S/C9H9N3O/c10-11-8-5-6-12(13)9-4-2-1-3-7(8)9/h1-6,13H,10H2/b11-8+. The van der Waals surface area contributed by atoms with Gasteiger partial charge in [0, 0.05) is 11.6 Å². The van der Waals surface area contributed by atoms with Crippen LogP contribution in [0.4, 0.5) is 0 Å². The smallest absolute Gasteiger partial charge is 0.0937 e. The lowest BCUT2D eigenvalue weighted by Gasteiger charge is -2.02. The number of hydrogen-bond acceptors (Lipinski definition) is 3. The zero-order valence-corrected chi connectivity index (χ0v) is 6.88. The fraction of sp³-hybridized carbons (Fsp3) is 0. The Morgan fingerprint density at radius 3 is 2.77 bits per heavy atom. The van der Waals surface area contributed by atoms with Crippen molar-refractivity contribution in [2.24, 2.45) is 10.9 Å². The van der Waals surface area contributed by atoms with Crippen molar-refractivity contribution in [2.45, 2.75) is 0 Å². The Morgan fingerprint density at radius 1 is 1.23 bits per heavy atom. The Morgan fingerprint density at radius 2 is 2.00 bits per heavy atom. The molecule has 0 radical (unpaired) electrons. The molecule has 0 aliphatic rings. The van der Waals surface area contributed by atoms with Crippen LogP contribution in [0.25, 0.3) is 10.9 Å². The summed E-state index contributed by atoms with van der Waals surface area (Å²) in [5, 5.41) is 14.5. The van der Waals surface area contributed by atoms with E-state index in [1.165, 1.54) is 6.20 Å². The molecule has 0 saturated heterocycles. The maximum atomic E-state index is 9.43. The van der Waals surface area contributed by atoms with Gasteiger partial charge in [-0.05, 0) is 12.1 Å². The molecule has 0 aliphatic carbocycles. The number of nitrogens with two attached hydrogens (primary N) is 1. The normalized spacial score (nSPS) is 12.2. The number of aromatic nitrogens is 1. The topological polar surface area (TPSA) is 63.5 Å². The Hall–Kier alpha value is -1.97. The summed E-state index contributed by atoms with van der Waals surface area (Å²) in [7, 11) is 0. The summed E-state index contributed by atoms with van der Waals surface area (Å²) < 4.78 is 1.05. The van der Waals surface area contributed by atoms with Crippen LogP contribution in [0, 0.1) is 0 Å². The second-order valence-electron chi connectivity index (χ2n) is 2.69. The van der Waals surface area contributed by atoms with Gasteiger partial charge in [-0.15, -0.1) is 0 Å². The Kier molecular flexibility index (Phi) is 1.66. The molecule has 13 heavy (non-hydrogen) atoms. The molecule has 2 rings (SSSR count). The van der Waals surface area contributed by atoms with Crippen LogP contribution in [0.3, 0.4) is 0 Å². The molecular formula is C9H9N3O. The molecule has 1 heterocycles. The SMILES string of the molecule is N/N=c1\ccn(O)c2ccccc12. The Labute approximate surface area is 74.5 Å².